The fourth-order valence-corrected chi connectivity index (χ4v) is 3.20. The van der Waals surface area contributed by atoms with Crippen LogP contribution in [0.1, 0.15) is 18.4 Å². The van der Waals surface area contributed by atoms with Gasteiger partial charge < -0.3 is 11.1 Å². The minimum absolute atomic E-state index is 0.0493. The van der Waals surface area contributed by atoms with E-state index in [1.54, 1.807) is 0 Å². The van der Waals surface area contributed by atoms with Gasteiger partial charge in [0.05, 0.1) is 16.5 Å². The van der Waals surface area contributed by atoms with Crippen molar-refractivity contribution < 1.29 is 13.2 Å². The summed E-state index contributed by atoms with van der Waals surface area (Å²) in [6.07, 6.45) is 1.88. The highest BCUT2D eigenvalue weighted by Gasteiger charge is 2.24. The molecule has 0 saturated heterocycles. The van der Waals surface area contributed by atoms with Crippen LogP contribution in [-0.4, -0.2) is 31.9 Å². The maximum absolute atomic E-state index is 12.1. The van der Waals surface area contributed by atoms with Crippen LogP contribution in [0.15, 0.2) is 23.1 Å². The van der Waals surface area contributed by atoms with Crippen LogP contribution in [0.5, 0.6) is 0 Å². The average molecular weight is 348 g/mol. The van der Waals surface area contributed by atoms with Crippen molar-refractivity contribution in [2.45, 2.75) is 23.8 Å². The molecule has 1 aliphatic carbocycles. The summed E-state index contributed by atoms with van der Waals surface area (Å²) in [6.45, 7) is -0.312. The Morgan fingerprint density at radius 1 is 1.43 bits per heavy atom. The molecule has 6 nitrogen and oxygen atoms in total. The van der Waals surface area contributed by atoms with Crippen LogP contribution in [-0.2, 0) is 14.8 Å². The summed E-state index contributed by atoms with van der Waals surface area (Å²) in [6, 6.07) is 4.20. The van der Waals surface area contributed by atoms with Gasteiger partial charge in [-0.1, -0.05) is 23.8 Å². The molecule has 0 unspecified atom stereocenters. The maximum atomic E-state index is 12.1. The fourth-order valence-electron chi connectivity index (χ4n) is 1.61. The normalized spacial score (nSPS) is 14.7. The molecule has 1 aromatic carbocycles. The molecule has 0 bridgehead atoms. The third-order valence-corrected chi connectivity index (χ3v) is 4.81. The van der Waals surface area contributed by atoms with Gasteiger partial charge in [0.2, 0.25) is 15.9 Å². The topological polar surface area (TPSA) is 101 Å². The molecule has 1 fully saturated rings. The average Bonchev–Trinajstić information content (AvgIpc) is 3.20. The molecule has 0 atom stereocenters. The van der Waals surface area contributed by atoms with Gasteiger partial charge in [-0.25, -0.2) is 13.1 Å². The molecule has 1 amide bonds. The molecule has 0 aliphatic heterocycles. The number of hydrogen-bond acceptors (Lipinski definition) is 4. The Morgan fingerprint density at radius 3 is 2.62 bits per heavy atom. The van der Waals surface area contributed by atoms with Crippen molar-refractivity contribution in [1.29, 1.82) is 0 Å². The van der Waals surface area contributed by atoms with Gasteiger partial charge in [0, 0.05) is 11.6 Å². The first-order valence-corrected chi connectivity index (χ1v) is 8.45. The van der Waals surface area contributed by atoms with E-state index in [9.17, 15) is 13.2 Å². The first kappa shape index (κ1) is 16.2. The monoisotopic (exact) mass is 347 g/mol. The van der Waals surface area contributed by atoms with Crippen molar-refractivity contribution in [3.63, 3.8) is 0 Å². The molecule has 4 N–H and O–H groups in total. The highest BCUT2D eigenvalue weighted by atomic mass is 35.5. The quantitative estimate of drug-likeness (QED) is 0.652. The van der Waals surface area contributed by atoms with Crippen molar-refractivity contribution in [3.05, 3.63) is 28.8 Å². The SMILES string of the molecule is NC(=S)c1ccc(S(=O)(=O)NCC(=O)NC2CC2)cc1Cl. The lowest BCUT2D eigenvalue weighted by molar-refractivity contribution is -0.120. The number of sulfonamides is 1. The minimum Gasteiger partial charge on any atom is -0.389 e. The van der Waals surface area contributed by atoms with Gasteiger partial charge in [-0.2, -0.15) is 0 Å². The van der Waals surface area contributed by atoms with Gasteiger partial charge >= 0.3 is 0 Å². The van der Waals surface area contributed by atoms with Crippen LogP contribution in [0.4, 0.5) is 0 Å². The Labute approximate surface area is 133 Å². The van der Waals surface area contributed by atoms with Crippen molar-refractivity contribution in [2.24, 2.45) is 5.73 Å². The van der Waals surface area contributed by atoms with Gasteiger partial charge in [0.25, 0.3) is 0 Å². The highest BCUT2D eigenvalue weighted by molar-refractivity contribution is 7.89. The second-order valence-electron chi connectivity index (χ2n) is 4.67. The van der Waals surface area contributed by atoms with E-state index in [1.807, 2.05) is 0 Å². The van der Waals surface area contributed by atoms with Gasteiger partial charge in [0.15, 0.2) is 0 Å². The lowest BCUT2D eigenvalue weighted by Crippen LogP contribution is -2.37. The van der Waals surface area contributed by atoms with E-state index in [0.29, 0.717) is 5.56 Å². The molecule has 2 rings (SSSR count). The van der Waals surface area contributed by atoms with Crippen molar-refractivity contribution in [3.8, 4) is 0 Å². The molecule has 21 heavy (non-hydrogen) atoms. The van der Waals surface area contributed by atoms with Crippen LogP contribution in [0, 0.1) is 0 Å². The smallest absolute Gasteiger partial charge is 0.241 e. The molecule has 0 heterocycles. The molecule has 1 aromatic rings. The van der Waals surface area contributed by atoms with E-state index in [-0.39, 0.29) is 33.4 Å². The van der Waals surface area contributed by atoms with Crippen LogP contribution in [0.3, 0.4) is 0 Å². The summed E-state index contributed by atoms with van der Waals surface area (Å²) in [5.74, 6) is -0.355. The Bertz CT molecular complexity index is 687. The number of rotatable bonds is 6. The summed E-state index contributed by atoms with van der Waals surface area (Å²) in [5, 5.41) is 2.83. The summed E-state index contributed by atoms with van der Waals surface area (Å²) in [7, 11) is -3.82. The zero-order valence-electron chi connectivity index (χ0n) is 10.9. The first-order chi connectivity index (χ1) is 9.79. The number of halogens is 1. The maximum Gasteiger partial charge on any atom is 0.241 e. The second-order valence-corrected chi connectivity index (χ2v) is 7.29. The number of nitrogens with two attached hydrogens (primary N) is 1. The Kier molecular flexibility index (Phi) is 4.82. The second kappa shape index (κ2) is 6.27. The van der Waals surface area contributed by atoms with Crippen LogP contribution in [0.25, 0.3) is 0 Å². The molecular formula is C12H14ClN3O3S2. The lowest BCUT2D eigenvalue weighted by Gasteiger charge is -2.09. The van der Waals surface area contributed by atoms with Crippen molar-refractivity contribution in [1.82, 2.24) is 10.0 Å². The molecule has 0 aromatic heterocycles. The predicted octanol–water partition coefficient (Wildman–Crippen LogP) is 0.531. The van der Waals surface area contributed by atoms with Crippen molar-refractivity contribution >= 4 is 44.7 Å². The lowest BCUT2D eigenvalue weighted by atomic mass is 10.2. The fraction of sp³-hybridized carbons (Fsp3) is 0.333. The molecule has 9 heteroatoms. The first-order valence-electron chi connectivity index (χ1n) is 6.18. The van der Waals surface area contributed by atoms with Gasteiger partial charge in [0.1, 0.15) is 4.99 Å². The van der Waals surface area contributed by atoms with Crippen LogP contribution >= 0.6 is 23.8 Å². The minimum atomic E-state index is -3.82. The third kappa shape index (κ3) is 4.37. The number of carbonyl (C=O) groups is 1. The molecular weight excluding hydrogens is 334 g/mol. The van der Waals surface area contributed by atoms with E-state index >= 15 is 0 Å². The van der Waals surface area contributed by atoms with Crippen LogP contribution in [0.2, 0.25) is 5.02 Å². The Morgan fingerprint density at radius 2 is 2.10 bits per heavy atom. The number of carbonyl (C=O) groups excluding carboxylic acids is 1. The predicted molar refractivity (Wildman–Crippen MR) is 83.7 cm³/mol. The Balaban J connectivity index is 2.06. The van der Waals surface area contributed by atoms with E-state index in [1.165, 1.54) is 18.2 Å². The Hall–Kier alpha value is -1.22. The third-order valence-electron chi connectivity index (χ3n) is 2.88. The van der Waals surface area contributed by atoms with Crippen molar-refractivity contribution in [2.75, 3.05) is 6.54 Å². The molecule has 114 valence electrons. The number of hydrogen-bond donors (Lipinski definition) is 3. The number of nitrogens with one attached hydrogen (secondary N) is 2. The van der Waals surface area contributed by atoms with E-state index in [4.69, 9.17) is 29.6 Å². The van der Waals surface area contributed by atoms with Gasteiger partial charge in [-0.05, 0) is 31.0 Å². The van der Waals surface area contributed by atoms with E-state index in [0.717, 1.165) is 12.8 Å². The summed E-state index contributed by atoms with van der Waals surface area (Å²) in [5.41, 5.74) is 5.85. The standard InChI is InChI=1S/C12H14ClN3O3S2/c13-10-5-8(3-4-9(10)12(14)20)21(18,19)15-6-11(17)16-7-1-2-7/h3-5,7,15H,1-2,6H2,(H2,14,20)(H,16,17). The number of thiocarbonyl (C=S) groups is 1. The summed E-state index contributed by atoms with van der Waals surface area (Å²) in [4.78, 5) is 11.5. The van der Waals surface area contributed by atoms with E-state index in [2.05, 4.69) is 10.0 Å². The molecule has 1 aliphatic rings. The van der Waals surface area contributed by atoms with E-state index < -0.39 is 10.0 Å². The highest BCUT2D eigenvalue weighted by Crippen LogP contribution is 2.21. The largest absolute Gasteiger partial charge is 0.389 e. The number of benzene rings is 1. The molecule has 0 radical (unpaired) electrons. The van der Waals surface area contributed by atoms with Crippen LogP contribution < -0.4 is 15.8 Å². The zero-order chi connectivity index (χ0) is 15.6. The molecule has 0 spiro atoms. The van der Waals surface area contributed by atoms with Gasteiger partial charge in [-0.15, -0.1) is 0 Å². The number of amides is 1. The zero-order valence-corrected chi connectivity index (χ0v) is 13.3. The van der Waals surface area contributed by atoms with Gasteiger partial charge in [-0.3, -0.25) is 4.79 Å². The molecule has 1 saturated carbocycles. The summed E-state index contributed by atoms with van der Waals surface area (Å²) < 4.78 is 26.3. The summed E-state index contributed by atoms with van der Waals surface area (Å²) >= 11 is 10.7.